The Balaban J connectivity index is 1.81. The van der Waals surface area contributed by atoms with Crippen LogP contribution in [0.3, 0.4) is 0 Å². The molecule has 1 aromatic carbocycles. The Kier molecular flexibility index (Phi) is 5.26. The Hall–Kier alpha value is -1.71. The molecule has 0 saturated heterocycles. The molecule has 0 amide bonds. The molecule has 0 radical (unpaired) electrons. The number of rotatable bonds is 8. The van der Waals surface area contributed by atoms with Gasteiger partial charge in [-0.25, -0.2) is 12.8 Å². The van der Waals surface area contributed by atoms with Crippen LogP contribution in [0.4, 0.5) is 10.1 Å². The van der Waals surface area contributed by atoms with Crippen LogP contribution in [0.1, 0.15) is 18.4 Å². The molecule has 3 rings (SSSR count). The van der Waals surface area contributed by atoms with Crippen molar-refractivity contribution in [3.8, 4) is 0 Å². The van der Waals surface area contributed by atoms with Gasteiger partial charge in [0.25, 0.3) is 0 Å². The van der Waals surface area contributed by atoms with Crippen molar-refractivity contribution in [3.63, 3.8) is 0 Å². The fraction of sp³-hybridized carbons (Fsp3) is 0.438. The van der Waals surface area contributed by atoms with E-state index in [1.165, 1.54) is 29.9 Å². The molecule has 1 aliphatic carbocycles. The van der Waals surface area contributed by atoms with E-state index in [2.05, 4.69) is 4.72 Å². The molecule has 1 atom stereocenters. The number of hydrogen-bond donors (Lipinski definition) is 1. The fourth-order valence-corrected chi connectivity index (χ4v) is 4.72. The molecule has 1 aromatic heterocycles. The number of sulfonamides is 1. The molecule has 0 aliphatic heterocycles. The number of methoxy groups -OCH3 is 1. The normalized spacial score (nSPS) is 15.9. The van der Waals surface area contributed by atoms with Crippen LogP contribution in [-0.2, 0) is 21.3 Å². The summed E-state index contributed by atoms with van der Waals surface area (Å²) in [6.07, 6.45) is 3.18. The Morgan fingerprint density at radius 2 is 2.20 bits per heavy atom. The molecule has 1 fully saturated rings. The van der Waals surface area contributed by atoms with E-state index in [0.29, 0.717) is 5.56 Å². The number of nitrogens with zero attached hydrogens (tertiary/aromatic N) is 1. The summed E-state index contributed by atoms with van der Waals surface area (Å²) in [4.78, 5) is 11.5. The summed E-state index contributed by atoms with van der Waals surface area (Å²) in [5.74, 6) is -0.365. The van der Waals surface area contributed by atoms with Gasteiger partial charge in [-0.05, 0) is 42.5 Å². The highest BCUT2D eigenvalue weighted by Gasteiger charge is 2.34. The zero-order valence-corrected chi connectivity index (χ0v) is 15.3. The first-order chi connectivity index (χ1) is 11.9. The van der Waals surface area contributed by atoms with Gasteiger partial charge in [-0.1, -0.05) is 11.3 Å². The summed E-state index contributed by atoms with van der Waals surface area (Å²) >= 11 is 1.03. The van der Waals surface area contributed by atoms with Crippen LogP contribution in [0, 0.1) is 11.7 Å². The largest absolute Gasteiger partial charge is 0.380 e. The molecule has 1 N–H and O–H groups in total. The third-order valence-corrected chi connectivity index (χ3v) is 6.14. The molecule has 1 saturated carbocycles. The molecule has 1 unspecified atom stereocenters. The quantitative estimate of drug-likeness (QED) is 0.755. The van der Waals surface area contributed by atoms with E-state index in [4.69, 9.17) is 4.74 Å². The zero-order chi connectivity index (χ0) is 18.0. The maximum atomic E-state index is 13.6. The highest BCUT2D eigenvalue weighted by molar-refractivity contribution is 7.92. The highest BCUT2D eigenvalue weighted by atomic mass is 32.2. The summed E-state index contributed by atoms with van der Waals surface area (Å²) in [6, 6.07) is 3.79. The van der Waals surface area contributed by atoms with E-state index >= 15 is 0 Å². The lowest BCUT2D eigenvalue weighted by atomic mass is 10.2. The lowest BCUT2D eigenvalue weighted by Crippen LogP contribution is -2.29. The Morgan fingerprint density at radius 3 is 2.80 bits per heavy atom. The van der Waals surface area contributed by atoms with Gasteiger partial charge >= 0.3 is 4.87 Å². The van der Waals surface area contributed by atoms with E-state index in [-0.39, 0.29) is 34.9 Å². The lowest BCUT2D eigenvalue weighted by Gasteiger charge is -2.17. The Morgan fingerprint density at radius 1 is 1.44 bits per heavy atom. The van der Waals surface area contributed by atoms with Crippen molar-refractivity contribution < 1.29 is 17.5 Å². The van der Waals surface area contributed by atoms with Gasteiger partial charge < -0.3 is 9.30 Å². The Labute approximate surface area is 149 Å². The molecule has 0 bridgehead atoms. The summed E-state index contributed by atoms with van der Waals surface area (Å²) in [5, 5.41) is 1.63. The standard InChI is InChI=1S/C16H19FN2O4S2/c1-23-15(11-2-3-11)10-25(21,22)18-14-5-4-13(17)8-12(14)9-19-6-7-24-16(19)20/h4-8,11,15,18H,2-3,9-10H2,1H3. The highest BCUT2D eigenvalue weighted by Crippen LogP contribution is 2.35. The van der Waals surface area contributed by atoms with Crippen molar-refractivity contribution in [1.82, 2.24) is 4.57 Å². The molecule has 9 heteroatoms. The van der Waals surface area contributed by atoms with Gasteiger partial charge in [0.2, 0.25) is 10.0 Å². The molecule has 2 aromatic rings. The van der Waals surface area contributed by atoms with Crippen molar-refractivity contribution in [3.05, 3.63) is 50.8 Å². The number of benzene rings is 1. The van der Waals surface area contributed by atoms with E-state index in [1.54, 1.807) is 11.6 Å². The minimum absolute atomic E-state index is 0.0915. The monoisotopic (exact) mass is 386 g/mol. The first kappa shape index (κ1) is 18.1. The van der Waals surface area contributed by atoms with Crippen LogP contribution in [0.15, 0.2) is 34.6 Å². The van der Waals surface area contributed by atoms with Crippen LogP contribution < -0.4 is 9.60 Å². The molecule has 1 heterocycles. The third kappa shape index (κ3) is 4.68. The van der Waals surface area contributed by atoms with Crippen molar-refractivity contribution in [2.24, 2.45) is 5.92 Å². The van der Waals surface area contributed by atoms with Gasteiger partial charge in [0.1, 0.15) is 5.82 Å². The number of hydrogen-bond acceptors (Lipinski definition) is 5. The SMILES string of the molecule is COC(CS(=O)(=O)Nc1ccc(F)cc1Cn1ccsc1=O)C1CC1. The van der Waals surface area contributed by atoms with E-state index in [9.17, 15) is 17.6 Å². The minimum atomic E-state index is -3.66. The van der Waals surface area contributed by atoms with Crippen LogP contribution in [-0.4, -0.2) is 32.0 Å². The second-order valence-corrected chi connectivity index (χ2v) is 8.72. The first-order valence-electron chi connectivity index (χ1n) is 7.83. The number of anilines is 1. The van der Waals surface area contributed by atoms with Crippen molar-refractivity contribution in [2.75, 3.05) is 17.6 Å². The third-order valence-electron chi connectivity index (χ3n) is 4.15. The summed E-state index contributed by atoms with van der Waals surface area (Å²) in [7, 11) is -2.15. The molecule has 6 nitrogen and oxygen atoms in total. The minimum Gasteiger partial charge on any atom is -0.380 e. The van der Waals surface area contributed by atoms with Gasteiger partial charge in [0.15, 0.2) is 0 Å². The van der Waals surface area contributed by atoms with Crippen LogP contribution in [0.5, 0.6) is 0 Å². The van der Waals surface area contributed by atoms with E-state index in [1.807, 2.05) is 0 Å². The predicted molar refractivity (Wildman–Crippen MR) is 95.0 cm³/mol. The van der Waals surface area contributed by atoms with Gasteiger partial charge in [-0.3, -0.25) is 9.52 Å². The lowest BCUT2D eigenvalue weighted by molar-refractivity contribution is 0.103. The summed E-state index contributed by atoms with van der Waals surface area (Å²) < 4.78 is 47.7. The fourth-order valence-electron chi connectivity index (χ4n) is 2.67. The van der Waals surface area contributed by atoms with Gasteiger partial charge in [-0.2, -0.15) is 0 Å². The number of thiazole rings is 1. The van der Waals surface area contributed by atoms with E-state index in [0.717, 1.165) is 24.2 Å². The maximum Gasteiger partial charge on any atom is 0.307 e. The van der Waals surface area contributed by atoms with Crippen molar-refractivity contribution in [2.45, 2.75) is 25.5 Å². The molecule has 25 heavy (non-hydrogen) atoms. The number of aromatic nitrogens is 1. The van der Waals surface area contributed by atoms with Crippen LogP contribution in [0.2, 0.25) is 0 Å². The molecular weight excluding hydrogens is 367 g/mol. The van der Waals surface area contributed by atoms with Crippen molar-refractivity contribution in [1.29, 1.82) is 0 Å². The Bertz CT molecular complexity index is 903. The van der Waals surface area contributed by atoms with E-state index < -0.39 is 15.8 Å². The van der Waals surface area contributed by atoms with Gasteiger partial charge in [0.05, 0.1) is 24.1 Å². The number of ether oxygens (including phenoxy) is 1. The van der Waals surface area contributed by atoms with Crippen molar-refractivity contribution >= 4 is 27.0 Å². The molecule has 1 aliphatic rings. The molecule has 136 valence electrons. The van der Waals surface area contributed by atoms with Crippen LogP contribution >= 0.6 is 11.3 Å². The van der Waals surface area contributed by atoms with Gasteiger partial charge in [-0.15, -0.1) is 0 Å². The second kappa shape index (κ2) is 7.27. The predicted octanol–water partition coefficient (Wildman–Crippen LogP) is 2.26. The number of nitrogens with one attached hydrogen (secondary N) is 1. The molecular formula is C16H19FN2O4S2. The second-order valence-electron chi connectivity index (χ2n) is 6.09. The smallest absolute Gasteiger partial charge is 0.307 e. The topological polar surface area (TPSA) is 77.4 Å². The first-order valence-corrected chi connectivity index (χ1v) is 10.4. The summed E-state index contributed by atoms with van der Waals surface area (Å²) in [5.41, 5.74) is 0.662. The maximum absolute atomic E-state index is 13.6. The average Bonchev–Trinajstić information content (AvgIpc) is 3.32. The summed E-state index contributed by atoms with van der Waals surface area (Å²) in [6.45, 7) is 0.0915. The zero-order valence-electron chi connectivity index (χ0n) is 13.6. The molecule has 0 spiro atoms. The average molecular weight is 386 g/mol. The number of halogens is 1. The van der Waals surface area contributed by atoms with Crippen LogP contribution in [0.25, 0.3) is 0 Å². The van der Waals surface area contributed by atoms with Gasteiger partial charge in [0, 0.05) is 18.7 Å².